The standard InChI is InChI=1S/C22H36N4O4S.2ClH/c1-3-5-6-18-7-8-20(23-17-18)19-9-13-26(14-10-19)31(29,30)22(21(27)24-28)11-15-25(4-2)16-12-22;;/h7-8,17,19,28H,3-6,9-16H2,1-2H3,(H,24,27);2*1H. The first kappa shape index (κ1) is 30.1. The second kappa shape index (κ2) is 13.2. The van der Waals surface area contributed by atoms with Gasteiger partial charge in [0.05, 0.1) is 0 Å². The number of hydroxylamine groups is 1. The summed E-state index contributed by atoms with van der Waals surface area (Å²) >= 11 is 0. The van der Waals surface area contributed by atoms with Gasteiger partial charge in [-0.05, 0) is 56.7 Å². The molecule has 0 atom stereocenters. The van der Waals surface area contributed by atoms with Crippen LogP contribution in [0.15, 0.2) is 18.3 Å². The van der Waals surface area contributed by atoms with Gasteiger partial charge in [-0.2, -0.15) is 0 Å². The molecule has 3 rings (SSSR count). The Morgan fingerprint density at radius 3 is 2.27 bits per heavy atom. The van der Waals surface area contributed by atoms with E-state index in [0.29, 0.717) is 39.0 Å². The van der Waals surface area contributed by atoms with E-state index in [1.165, 1.54) is 9.87 Å². The normalized spacial score (nSPS) is 19.8. The van der Waals surface area contributed by atoms with Gasteiger partial charge in [-0.1, -0.05) is 26.3 Å². The van der Waals surface area contributed by atoms with Crippen molar-refractivity contribution in [3.8, 4) is 0 Å². The first-order chi connectivity index (χ1) is 14.9. The third kappa shape index (κ3) is 6.38. The molecule has 2 N–H and O–H groups in total. The Balaban J connectivity index is 0.00000272. The SMILES string of the molecule is CCCCc1ccc(C2CCN(S(=O)(=O)C3(C(=O)NO)CCN(CC)CC3)CC2)nc1.Cl.Cl. The summed E-state index contributed by atoms with van der Waals surface area (Å²) in [5.74, 6) is -0.592. The number of nitrogens with zero attached hydrogens (tertiary/aromatic N) is 3. The van der Waals surface area contributed by atoms with Crippen LogP contribution in [0.3, 0.4) is 0 Å². The van der Waals surface area contributed by atoms with Crippen LogP contribution in [0, 0.1) is 0 Å². The van der Waals surface area contributed by atoms with E-state index in [1.807, 2.05) is 13.1 Å². The molecule has 33 heavy (non-hydrogen) atoms. The van der Waals surface area contributed by atoms with Gasteiger partial charge in [-0.15, -0.1) is 24.8 Å². The third-order valence-electron chi connectivity index (χ3n) is 7.00. The van der Waals surface area contributed by atoms with E-state index in [0.717, 1.165) is 31.5 Å². The molecule has 0 aliphatic carbocycles. The predicted octanol–water partition coefficient (Wildman–Crippen LogP) is 3.14. The molecule has 2 saturated heterocycles. The maximum absolute atomic E-state index is 13.6. The molecule has 3 heterocycles. The Hall–Kier alpha value is -0.970. The van der Waals surface area contributed by atoms with E-state index < -0.39 is 20.7 Å². The molecule has 11 heteroatoms. The Morgan fingerprint density at radius 1 is 1.15 bits per heavy atom. The van der Waals surface area contributed by atoms with Crippen molar-refractivity contribution in [2.24, 2.45) is 0 Å². The second-order valence-corrected chi connectivity index (χ2v) is 11.0. The number of aromatic nitrogens is 1. The smallest absolute Gasteiger partial charge is 0.266 e. The fourth-order valence-corrected chi connectivity index (χ4v) is 6.94. The molecular weight excluding hydrogens is 487 g/mol. The first-order valence-corrected chi connectivity index (χ1v) is 12.9. The number of aryl methyl sites for hydroxylation is 1. The largest absolute Gasteiger partial charge is 0.303 e. The highest BCUT2D eigenvalue weighted by Gasteiger charge is 2.55. The topological polar surface area (TPSA) is 103 Å². The number of pyridine rings is 1. The van der Waals surface area contributed by atoms with Gasteiger partial charge < -0.3 is 4.90 Å². The van der Waals surface area contributed by atoms with Gasteiger partial charge in [0.2, 0.25) is 10.0 Å². The van der Waals surface area contributed by atoms with E-state index in [2.05, 4.69) is 28.9 Å². The Labute approximate surface area is 210 Å². The molecule has 2 aliphatic heterocycles. The van der Waals surface area contributed by atoms with Crippen LogP contribution >= 0.6 is 24.8 Å². The van der Waals surface area contributed by atoms with Crippen LogP contribution in [0.25, 0.3) is 0 Å². The van der Waals surface area contributed by atoms with E-state index in [9.17, 15) is 18.4 Å². The number of hydrogen-bond acceptors (Lipinski definition) is 6. The lowest BCUT2D eigenvalue weighted by atomic mass is 9.93. The highest BCUT2D eigenvalue weighted by atomic mass is 35.5. The molecule has 0 bridgehead atoms. The van der Waals surface area contributed by atoms with Gasteiger partial charge in [0, 0.05) is 44.0 Å². The second-order valence-electron chi connectivity index (χ2n) is 8.74. The van der Waals surface area contributed by atoms with Gasteiger partial charge in [0.25, 0.3) is 5.91 Å². The van der Waals surface area contributed by atoms with Crippen molar-refractivity contribution in [2.75, 3.05) is 32.7 Å². The predicted molar refractivity (Wildman–Crippen MR) is 134 cm³/mol. The van der Waals surface area contributed by atoms with Crippen LogP contribution in [-0.4, -0.2) is 71.2 Å². The summed E-state index contributed by atoms with van der Waals surface area (Å²) in [5, 5.41) is 9.30. The lowest BCUT2D eigenvalue weighted by Gasteiger charge is -2.43. The number of sulfonamides is 1. The number of carbonyl (C=O) groups excluding carboxylic acids is 1. The van der Waals surface area contributed by atoms with Crippen LogP contribution in [0.1, 0.15) is 69.5 Å². The van der Waals surface area contributed by atoms with E-state index in [4.69, 9.17) is 0 Å². The molecule has 2 fully saturated rings. The molecule has 190 valence electrons. The summed E-state index contributed by atoms with van der Waals surface area (Å²) in [6, 6.07) is 4.20. The van der Waals surface area contributed by atoms with Gasteiger partial charge >= 0.3 is 0 Å². The zero-order valence-electron chi connectivity index (χ0n) is 19.5. The molecule has 8 nitrogen and oxygen atoms in total. The summed E-state index contributed by atoms with van der Waals surface area (Å²) < 4.78 is 27.0. The van der Waals surface area contributed by atoms with Crippen LogP contribution in [0.4, 0.5) is 0 Å². The van der Waals surface area contributed by atoms with Crippen LogP contribution < -0.4 is 5.48 Å². The number of likely N-dealkylation sites (tertiary alicyclic amines) is 1. The summed E-state index contributed by atoms with van der Waals surface area (Å²) in [5.41, 5.74) is 3.88. The molecule has 0 spiro atoms. The Bertz CT molecular complexity index is 838. The lowest BCUT2D eigenvalue weighted by molar-refractivity contribution is -0.133. The lowest BCUT2D eigenvalue weighted by Crippen LogP contribution is -2.62. The molecule has 0 saturated carbocycles. The quantitative estimate of drug-likeness (QED) is 0.400. The van der Waals surface area contributed by atoms with E-state index in [1.54, 1.807) is 5.48 Å². The maximum atomic E-state index is 13.6. The summed E-state index contributed by atoms with van der Waals surface area (Å²) in [6.45, 7) is 6.77. The van der Waals surface area contributed by atoms with E-state index in [-0.39, 0.29) is 43.6 Å². The fraction of sp³-hybridized carbons (Fsp3) is 0.727. The summed E-state index contributed by atoms with van der Waals surface area (Å²) in [4.78, 5) is 19.3. The first-order valence-electron chi connectivity index (χ1n) is 11.5. The number of rotatable bonds is 8. The van der Waals surface area contributed by atoms with Gasteiger partial charge in [0.15, 0.2) is 4.75 Å². The number of hydrogen-bond donors (Lipinski definition) is 2. The average Bonchev–Trinajstić information content (AvgIpc) is 2.82. The minimum Gasteiger partial charge on any atom is -0.303 e. The van der Waals surface area contributed by atoms with Crippen molar-refractivity contribution >= 4 is 40.7 Å². The maximum Gasteiger partial charge on any atom is 0.266 e. The minimum atomic E-state index is -3.90. The number of amides is 1. The molecule has 2 aliphatic rings. The fourth-order valence-electron chi connectivity index (χ4n) is 4.78. The molecule has 1 amide bonds. The van der Waals surface area contributed by atoms with Crippen molar-refractivity contribution < 1.29 is 18.4 Å². The monoisotopic (exact) mass is 524 g/mol. The van der Waals surface area contributed by atoms with Crippen molar-refractivity contribution in [3.05, 3.63) is 29.6 Å². The highest BCUT2D eigenvalue weighted by molar-refractivity contribution is 7.91. The molecule has 0 aromatic carbocycles. The van der Waals surface area contributed by atoms with Crippen molar-refractivity contribution in [2.45, 2.75) is 69.5 Å². The van der Waals surface area contributed by atoms with Crippen LogP contribution in [0.5, 0.6) is 0 Å². The molecular formula is C22H38Cl2N4O4S. The number of unbranched alkanes of at least 4 members (excludes halogenated alkanes) is 1. The molecule has 0 unspecified atom stereocenters. The van der Waals surface area contributed by atoms with Crippen molar-refractivity contribution in [1.29, 1.82) is 0 Å². The number of carbonyl (C=O) groups is 1. The summed E-state index contributed by atoms with van der Waals surface area (Å²) in [7, 11) is -3.90. The molecule has 1 aromatic heterocycles. The summed E-state index contributed by atoms with van der Waals surface area (Å²) in [6.07, 6.45) is 7.02. The van der Waals surface area contributed by atoms with Crippen molar-refractivity contribution in [3.63, 3.8) is 0 Å². The zero-order chi connectivity index (χ0) is 22.5. The van der Waals surface area contributed by atoms with Crippen molar-refractivity contribution in [1.82, 2.24) is 19.7 Å². The number of piperidine rings is 2. The van der Waals surface area contributed by atoms with E-state index >= 15 is 0 Å². The highest BCUT2D eigenvalue weighted by Crippen LogP contribution is 2.37. The average molecular weight is 526 g/mol. The Kier molecular flexibility index (Phi) is 12.0. The minimum absolute atomic E-state index is 0. The Morgan fingerprint density at radius 2 is 1.79 bits per heavy atom. The van der Waals surface area contributed by atoms with Crippen LogP contribution in [0.2, 0.25) is 0 Å². The third-order valence-corrected chi connectivity index (χ3v) is 9.63. The zero-order valence-corrected chi connectivity index (χ0v) is 22.0. The van der Waals surface area contributed by atoms with Gasteiger partial charge in [-0.25, -0.2) is 18.2 Å². The van der Waals surface area contributed by atoms with Gasteiger partial charge in [-0.3, -0.25) is 15.0 Å². The van der Waals surface area contributed by atoms with Gasteiger partial charge in [0.1, 0.15) is 0 Å². The molecule has 0 radical (unpaired) electrons. The molecule has 1 aromatic rings. The number of halogens is 2. The number of nitrogens with one attached hydrogen (secondary N) is 1. The van der Waals surface area contributed by atoms with Crippen LogP contribution in [-0.2, 0) is 21.2 Å².